The molecule has 3 nitrogen and oxygen atoms in total. The monoisotopic (exact) mass is 209 g/mol. The highest BCUT2D eigenvalue weighted by molar-refractivity contribution is 5.68. The molecular weight excluding hydrogens is 197 g/mol. The quantitative estimate of drug-likeness (QED) is 0.775. The molecule has 0 bridgehead atoms. The fourth-order valence-electron chi connectivity index (χ4n) is 2.02. The van der Waals surface area contributed by atoms with Gasteiger partial charge in [0.25, 0.3) is 0 Å². The normalized spacial score (nSPS) is 19.7. The first-order valence-corrected chi connectivity index (χ1v) is 4.91. The van der Waals surface area contributed by atoms with Gasteiger partial charge in [-0.3, -0.25) is 4.79 Å². The molecule has 2 rings (SSSR count). The maximum Gasteiger partial charge on any atom is 0.305 e. The summed E-state index contributed by atoms with van der Waals surface area (Å²) in [5, 5.41) is 11.7. The van der Waals surface area contributed by atoms with Crippen molar-refractivity contribution < 1.29 is 14.3 Å². The van der Waals surface area contributed by atoms with E-state index >= 15 is 0 Å². The molecule has 0 radical (unpaired) electrons. The van der Waals surface area contributed by atoms with E-state index in [1.807, 2.05) is 6.07 Å². The van der Waals surface area contributed by atoms with E-state index in [2.05, 4.69) is 5.32 Å². The lowest BCUT2D eigenvalue weighted by molar-refractivity contribution is -0.137. The van der Waals surface area contributed by atoms with Crippen LogP contribution in [0.1, 0.15) is 23.6 Å². The molecule has 1 aromatic carbocycles. The molecule has 1 atom stereocenters. The van der Waals surface area contributed by atoms with Gasteiger partial charge in [-0.15, -0.1) is 0 Å². The number of hydrogen-bond acceptors (Lipinski definition) is 2. The lowest BCUT2D eigenvalue weighted by Gasteiger charge is -2.26. The van der Waals surface area contributed by atoms with E-state index in [4.69, 9.17) is 5.11 Å². The van der Waals surface area contributed by atoms with Gasteiger partial charge < -0.3 is 10.4 Å². The maximum atomic E-state index is 13.5. The summed E-state index contributed by atoms with van der Waals surface area (Å²) in [5.74, 6) is -1.23. The number of carboxylic acids is 1. The van der Waals surface area contributed by atoms with E-state index in [9.17, 15) is 9.18 Å². The van der Waals surface area contributed by atoms with E-state index in [0.29, 0.717) is 12.1 Å². The number of fused-ring (bicyclic) bond motifs is 1. The van der Waals surface area contributed by atoms with Crippen molar-refractivity contribution in [3.63, 3.8) is 0 Å². The largest absolute Gasteiger partial charge is 0.481 e. The van der Waals surface area contributed by atoms with Gasteiger partial charge in [0, 0.05) is 11.6 Å². The number of benzene rings is 1. The Labute approximate surface area is 86.9 Å². The van der Waals surface area contributed by atoms with Gasteiger partial charge in [-0.1, -0.05) is 12.1 Å². The van der Waals surface area contributed by atoms with Crippen LogP contribution in [-0.4, -0.2) is 17.6 Å². The van der Waals surface area contributed by atoms with Crippen molar-refractivity contribution in [1.82, 2.24) is 5.32 Å². The van der Waals surface area contributed by atoms with Crippen LogP contribution in [0.3, 0.4) is 0 Å². The molecule has 0 aromatic heterocycles. The first kappa shape index (κ1) is 10.1. The van der Waals surface area contributed by atoms with E-state index in [1.165, 1.54) is 6.07 Å². The van der Waals surface area contributed by atoms with Crippen LogP contribution in [0.25, 0.3) is 0 Å². The Morgan fingerprint density at radius 2 is 2.40 bits per heavy atom. The van der Waals surface area contributed by atoms with Gasteiger partial charge in [-0.2, -0.15) is 0 Å². The molecule has 0 spiro atoms. The highest BCUT2D eigenvalue weighted by atomic mass is 19.1. The summed E-state index contributed by atoms with van der Waals surface area (Å²) in [7, 11) is 0. The zero-order valence-corrected chi connectivity index (χ0v) is 8.16. The minimum absolute atomic E-state index is 0.0755. The third-order valence-electron chi connectivity index (χ3n) is 2.66. The van der Waals surface area contributed by atoms with Crippen molar-refractivity contribution in [2.45, 2.75) is 18.9 Å². The number of aliphatic carboxylic acids is 1. The Morgan fingerprint density at radius 3 is 3.13 bits per heavy atom. The second kappa shape index (κ2) is 3.98. The number of nitrogens with one attached hydrogen (secondary N) is 1. The fourth-order valence-corrected chi connectivity index (χ4v) is 2.02. The predicted molar refractivity (Wildman–Crippen MR) is 53.1 cm³/mol. The highest BCUT2D eigenvalue weighted by Crippen LogP contribution is 2.27. The average Bonchev–Trinajstić information content (AvgIpc) is 2.17. The third-order valence-corrected chi connectivity index (χ3v) is 2.66. The van der Waals surface area contributed by atoms with Gasteiger partial charge >= 0.3 is 5.97 Å². The predicted octanol–water partition coefficient (Wildman–Crippen LogP) is 1.49. The molecule has 1 heterocycles. The molecule has 1 unspecified atom stereocenters. The fraction of sp³-hybridized carbons (Fsp3) is 0.364. The SMILES string of the molecule is O=C(O)CC1NCCc2cccc(F)c21. The zero-order valence-electron chi connectivity index (χ0n) is 8.16. The molecular formula is C11H12FNO2. The molecule has 15 heavy (non-hydrogen) atoms. The van der Waals surface area contributed by atoms with Crippen molar-refractivity contribution in [2.75, 3.05) is 6.54 Å². The number of carboxylic acid groups (broad SMARTS) is 1. The summed E-state index contributed by atoms with van der Waals surface area (Å²) < 4.78 is 13.5. The van der Waals surface area contributed by atoms with Crippen LogP contribution < -0.4 is 5.32 Å². The lowest BCUT2D eigenvalue weighted by Crippen LogP contribution is -2.32. The van der Waals surface area contributed by atoms with Gasteiger partial charge in [0.1, 0.15) is 5.82 Å². The Hall–Kier alpha value is -1.42. The Kier molecular flexibility index (Phi) is 2.68. The summed E-state index contributed by atoms with van der Waals surface area (Å²) in [4.78, 5) is 10.6. The highest BCUT2D eigenvalue weighted by Gasteiger charge is 2.24. The minimum Gasteiger partial charge on any atom is -0.481 e. The Balaban J connectivity index is 2.36. The second-order valence-electron chi connectivity index (χ2n) is 3.67. The lowest BCUT2D eigenvalue weighted by atomic mass is 9.92. The molecule has 0 aliphatic carbocycles. The van der Waals surface area contributed by atoms with Crippen LogP contribution in [0.2, 0.25) is 0 Å². The van der Waals surface area contributed by atoms with E-state index < -0.39 is 12.0 Å². The summed E-state index contributed by atoms with van der Waals surface area (Å²) in [5.41, 5.74) is 1.44. The summed E-state index contributed by atoms with van der Waals surface area (Å²) in [6.45, 7) is 0.703. The molecule has 0 saturated carbocycles. The van der Waals surface area contributed by atoms with Crippen LogP contribution in [-0.2, 0) is 11.2 Å². The summed E-state index contributed by atoms with van der Waals surface area (Å²) in [6.07, 6.45) is 0.678. The third kappa shape index (κ3) is 1.99. The van der Waals surface area contributed by atoms with Gasteiger partial charge in [-0.05, 0) is 24.6 Å². The molecule has 4 heteroatoms. The average molecular weight is 209 g/mol. The Morgan fingerprint density at radius 1 is 1.60 bits per heavy atom. The molecule has 0 fully saturated rings. The van der Waals surface area contributed by atoms with Crippen molar-refractivity contribution in [3.05, 3.63) is 35.1 Å². The van der Waals surface area contributed by atoms with Gasteiger partial charge in [0.05, 0.1) is 6.42 Å². The number of carbonyl (C=O) groups is 1. The summed E-state index contributed by atoms with van der Waals surface area (Å²) in [6, 6.07) is 4.50. The maximum absolute atomic E-state index is 13.5. The first-order chi connectivity index (χ1) is 7.18. The van der Waals surface area contributed by atoms with Crippen LogP contribution in [0, 0.1) is 5.82 Å². The van der Waals surface area contributed by atoms with Crippen molar-refractivity contribution in [1.29, 1.82) is 0 Å². The van der Waals surface area contributed by atoms with Crippen LogP contribution in [0.5, 0.6) is 0 Å². The van der Waals surface area contributed by atoms with E-state index in [-0.39, 0.29) is 12.2 Å². The van der Waals surface area contributed by atoms with Crippen LogP contribution in [0.4, 0.5) is 4.39 Å². The van der Waals surface area contributed by atoms with Gasteiger partial charge in [0.2, 0.25) is 0 Å². The molecule has 1 aromatic rings. The van der Waals surface area contributed by atoms with Gasteiger partial charge in [-0.25, -0.2) is 4.39 Å². The molecule has 0 amide bonds. The smallest absolute Gasteiger partial charge is 0.305 e. The molecule has 1 aliphatic rings. The standard InChI is InChI=1S/C11H12FNO2/c12-8-3-1-2-7-4-5-13-9(11(7)8)6-10(14)15/h1-3,9,13H,4-6H2,(H,14,15). The van der Waals surface area contributed by atoms with Crippen molar-refractivity contribution >= 4 is 5.97 Å². The minimum atomic E-state index is -0.913. The van der Waals surface area contributed by atoms with Gasteiger partial charge in [0.15, 0.2) is 0 Å². The Bertz CT molecular complexity index is 392. The van der Waals surface area contributed by atoms with E-state index in [1.54, 1.807) is 6.07 Å². The topological polar surface area (TPSA) is 49.3 Å². The van der Waals surface area contributed by atoms with Crippen LogP contribution in [0.15, 0.2) is 18.2 Å². The van der Waals surface area contributed by atoms with Crippen LogP contribution >= 0.6 is 0 Å². The molecule has 0 saturated heterocycles. The molecule has 1 aliphatic heterocycles. The molecule has 2 N–H and O–H groups in total. The number of rotatable bonds is 2. The molecule has 80 valence electrons. The number of halogens is 1. The zero-order chi connectivity index (χ0) is 10.8. The first-order valence-electron chi connectivity index (χ1n) is 4.91. The summed E-state index contributed by atoms with van der Waals surface area (Å²) >= 11 is 0. The second-order valence-corrected chi connectivity index (χ2v) is 3.67. The van der Waals surface area contributed by atoms with E-state index in [0.717, 1.165) is 12.0 Å². The van der Waals surface area contributed by atoms with Crippen molar-refractivity contribution in [2.24, 2.45) is 0 Å². The van der Waals surface area contributed by atoms with Crippen molar-refractivity contribution in [3.8, 4) is 0 Å². The number of hydrogen-bond donors (Lipinski definition) is 2.